The molecule has 54 heavy (non-hydrogen) atoms. The summed E-state index contributed by atoms with van der Waals surface area (Å²) >= 11 is 17.5. The Bertz CT molecular complexity index is 1790. The molecule has 0 spiro atoms. The van der Waals surface area contributed by atoms with Crippen molar-refractivity contribution in [1.29, 1.82) is 0 Å². The molecule has 0 fully saturated rings. The number of ether oxygens (including phenoxy) is 5. The highest BCUT2D eigenvalue weighted by molar-refractivity contribution is 8.37. The highest BCUT2D eigenvalue weighted by atomic mass is 36.0. The summed E-state index contributed by atoms with van der Waals surface area (Å²) in [6.45, 7) is 3.37. The first-order valence-electron chi connectivity index (χ1n) is 14.6. The number of benzene rings is 2. The number of carboxylic acid groups (broad SMARTS) is 1. The average Bonchev–Trinajstić information content (AvgIpc) is 3.74. The van der Waals surface area contributed by atoms with E-state index in [0.717, 1.165) is 31.6 Å². The second kappa shape index (κ2) is 26.1. The van der Waals surface area contributed by atoms with Gasteiger partial charge in [-0.05, 0) is 48.9 Å². The third-order valence-corrected chi connectivity index (χ3v) is 8.85. The fourth-order valence-electron chi connectivity index (χ4n) is 4.18. The van der Waals surface area contributed by atoms with Crippen molar-refractivity contribution in [3.8, 4) is 23.0 Å². The lowest BCUT2D eigenvalue weighted by Crippen LogP contribution is -2.17. The van der Waals surface area contributed by atoms with Crippen LogP contribution in [0.3, 0.4) is 0 Å². The standard InChI is InChI=1S/C17H20F2O4S.C14H14F2O4S.Cl2OS.S3.S2/c1-10(2)23-16(20)5-6-17(18,19)15-8-11-7-12(21-3)13(22-4)9-14(11)24-15;1-19-9-5-8-6-12(14(15,16)4-3-13(17)18)21-11(8)7-10(9)20-2;1-4(2)3;1-3-2;1-2/h7-10H,5-6H2,1-4H3;5-7H,3-4H2,1-2H3,(H,17,18);;;. The van der Waals surface area contributed by atoms with Crippen molar-refractivity contribution in [2.24, 2.45) is 0 Å². The molecule has 0 unspecified atom stereocenters. The summed E-state index contributed by atoms with van der Waals surface area (Å²) in [5, 5.41) is 9.80. The molecule has 23 heteroatoms. The van der Waals surface area contributed by atoms with E-state index in [-0.39, 0.29) is 22.3 Å². The van der Waals surface area contributed by atoms with E-state index in [0.29, 0.717) is 43.2 Å². The Morgan fingerprint density at radius 2 is 1.07 bits per heavy atom. The molecule has 4 rings (SSSR count). The molecule has 0 atom stereocenters. The number of thiophene rings is 2. The number of rotatable bonds is 13. The quantitative estimate of drug-likeness (QED) is 0.0780. The Balaban J connectivity index is 0.000000858. The third-order valence-electron chi connectivity index (χ3n) is 6.43. The van der Waals surface area contributed by atoms with E-state index in [4.69, 9.17) is 33.0 Å². The van der Waals surface area contributed by atoms with E-state index in [1.54, 1.807) is 38.1 Å². The summed E-state index contributed by atoms with van der Waals surface area (Å²) in [7, 11) is 14.2. The molecule has 2 heterocycles. The lowest BCUT2D eigenvalue weighted by Gasteiger charge is -2.14. The first-order chi connectivity index (χ1) is 25.3. The van der Waals surface area contributed by atoms with Crippen molar-refractivity contribution in [3.05, 3.63) is 46.2 Å². The fourth-order valence-corrected chi connectivity index (χ4v) is 6.34. The van der Waals surface area contributed by atoms with Gasteiger partial charge in [-0.3, -0.25) is 9.59 Å². The normalized spacial score (nSPS) is 10.7. The second-order valence-corrected chi connectivity index (χ2v) is 16.8. The number of carboxylic acids is 1. The van der Waals surface area contributed by atoms with Crippen molar-refractivity contribution in [3.63, 3.8) is 0 Å². The van der Waals surface area contributed by atoms with E-state index in [2.05, 4.69) is 66.1 Å². The SMILES string of the molecule is COc1cc2cc(C(F)(F)CCC(=O)O)sc2cc1OC.COc1cc2cc(C(F)(F)CCC(=O)OC(C)C)sc2cc1OC.O=S(Cl)Cl.S=S.S=S=S. The number of halogens is 6. The van der Waals surface area contributed by atoms with Crippen LogP contribution in [0.1, 0.15) is 49.3 Å². The van der Waals surface area contributed by atoms with Crippen LogP contribution in [0.4, 0.5) is 17.6 Å². The van der Waals surface area contributed by atoms with E-state index in [1.165, 1.54) is 40.6 Å². The van der Waals surface area contributed by atoms with Crippen LogP contribution in [0.2, 0.25) is 0 Å². The van der Waals surface area contributed by atoms with Gasteiger partial charge in [0.2, 0.25) is 9.23 Å². The zero-order valence-corrected chi connectivity index (χ0v) is 37.2. The van der Waals surface area contributed by atoms with Crippen molar-refractivity contribution in [1.82, 2.24) is 0 Å². The Kier molecular flexibility index (Phi) is 25.1. The zero-order valence-electron chi connectivity index (χ0n) is 29.1. The van der Waals surface area contributed by atoms with E-state index < -0.39 is 52.3 Å². The van der Waals surface area contributed by atoms with Gasteiger partial charge in [0, 0.05) is 109 Å². The third kappa shape index (κ3) is 17.9. The van der Waals surface area contributed by atoms with E-state index in [1.807, 2.05) is 0 Å². The van der Waals surface area contributed by atoms with Crippen LogP contribution in [0.25, 0.3) is 20.2 Å². The number of carbonyl (C=O) groups is 2. The van der Waals surface area contributed by atoms with Gasteiger partial charge in [-0.2, -0.15) is 0 Å². The molecule has 4 aromatic rings. The van der Waals surface area contributed by atoms with Gasteiger partial charge in [-0.15, -0.1) is 22.7 Å². The second-order valence-electron chi connectivity index (χ2n) is 10.3. The average molecular weight is 954 g/mol. The molecule has 0 aliphatic carbocycles. The molecule has 9 nitrogen and oxygen atoms in total. The van der Waals surface area contributed by atoms with Gasteiger partial charge in [-0.25, -0.2) is 21.8 Å². The van der Waals surface area contributed by atoms with E-state index >= 15 is 0 Å². The van der Waals surface area contributed by atoms with Crippen molar-refractivity contribution in [2.45, 2.75) is 57.5 Å². The Labute approximate surface area is 351 Å². The monoisotopic (exact) mass is 952 g/mol. The molecule has 0 aliphatic rings. The molecular weight excluding hydrogens is 920 g/mol. The number of alkyl halides is 4. The number of fused-ring (bicyclic) bond motifs is 2. The van der Waals surface area contributed by atoms with Crippen molar-refractivity contribution in [2.75, 3.05) is 28.4 Å². The summed E-state index contributed by atoms with van der Waals surface area (Å²) in [5.74, 6) is -6.22. The molecule has 2 aromatic carbocycles. The molecule has 0 aliphatic heterocycles. The molecule has 0 radical (unpaired) electrons. The lowest BCUT2D eigenvalue weighted by atomic mass is 10.1. The molecule has 302 valence electrons. The van der Waals surface area contributed by atoms with Gasteiger partial charge in [0.05, 0.1) is 57.1 Å². The predicted octanol–water partition coefficient (Wildman–Crippen LogP) is 9.65. The van der Waals surface area contributed by atoms with Gasteiger partial charge in [-0.1, -0.05) is 0 Å². The van der Waals surface area contributed by atoms with Gasteiger partial charge >= 0.3 is 11.9 Å². The predicted molar refractivity (Wildman–Crippen MR) is 222 cm³/mol. The molecule has 0 bridgehead atoms. The summed E-state index contributed by atoms with van der Waals surface area (Å²) in [6, 6.07) is 9.39. The first kappa shape index (κ1) is 52.1. The maximum atomic E-state index is 14.4. The van der Waals surface area contributed by atoms with Crippen LogP contribution in [0.5, 0.6) is 23.0 Å². The Hall–Kier alpha value is -1.95. The minimum atomic E-state index is -3.16. The van der Waals surface area contributed by atoms with Crippen LogP contribution < -0.4 is 18.9 Å². The van der Waals surface area contributed by atoms with Crippen molar-refractivity contribution < 1.29 is 60.2 Å². The number of aliphatic carboxylic acids is 1. The van der Waals surface area contributed by atoms with Gasteiger partial charge in [0.15, 0.2) is 23.0 Å². The van der Waals surface area contributed by atoms with E-state index in [9.17, 15) is 27.2 Å². The number of carbonyl (C=O) groups excluding carboxylic acids is 1. The van der Waals surface area contributed by atoms with Crippen LogP contribution in [-0.2, 0) is 89.0 Å². The summed E-state index contributed by atoms with van der Waals surface area (Å²) in [6.07, 6.45) is -2.52. The number of hydrogen-bond acceptors (Lipinski definition) is 14. The van der Waals surface area contributed by atoms with Gasteiger partial charge < -0.3 is 28.8 Å². The van der Waals surface area contributed by atoms with Gasteiger partial charge in [0.1, 0.15) is 0 Å². The molecular formula is C31H34Cl2F4O9S8. The molecule has 1 N–H and O–H groups in total. The molecule has 0 saturated heterocycles. The smallest absolute Gasteiger partial charge is 0.306 e. The number of hydrogen-bond donors (Lipinski definition) is 1. The Morgan fingerprint density at radius 1 is 0.759 bits per heavy atom. The van der Waals surface area contributed by atoms with Crippen LogP contribution in [-0.4, -0.2) is 55.8 Å². The zero-order chi connectivity index (χ0) is 41.8. The molecule has 0 saturated carbocycles. The summed E-state index contributed by atoms with van der Waals surface area (Å²) in [5.41, 5.74) is 0. The largest absolute Gasteiger partial charge is 0.493 e. The number of methoxy groups -OCH3 is 4. The Morgan fingerprint density at radius 3 is 1.37 bits per heavy atom. The van der Waals surface area contributed by atoms with Crippen molar-refractivity contribution >= 4 is 139 Å². The van der Waals surface area contributed by atoms with Crippen LogP contribution >= 0.6 is 44.0 Å². The minimum Gasteiger partial charge on any atom is -0.493 e. The topological polar surface area (TPSA) is 118 Å². The molecule has 0 amide bonds. The number of esters is 1. The fraction of sp³-hybridized carbons (Fsp3) is 0.419. The highest BCUT2D eigenvalue weighted by Gasteiger charge is 2.35. The van der Waals surface area contributed by atoms with Crippen LogP contribution in [0.15, 0.2) is 36.4 Å². The minimum absolute atomic E-state index is 0.0925. The lowest BCUT2D eigenvalue weighted by molar-refractivity contribution is -0.149. The summed E-state index contributed by atoms with van der Waals surface area (Å²) < 4.78 is 92.7. The summed E-state index contributed by atoms with van der Waals surface area (Å²) in [4.78, 5) is 21.7. The first-order valence-corrected chi connectivity index (χ1v) is 23.0. The maximum Gasteiger partial charge on any atom is 0.306 e. The van der Waals surface area contributed by atoms with Gasteiger partial charge in [0.25, 0.3) is 11.8 Å². The van der Waals surface area contributed by atoms with Crippen LogP contribution in [0, 0.1) is 0 Å². The highest BCUT2D eigenvalue weighted by Crippen LogP contribution is 2.44. The molecule has 2 aromatic heterocycles. The maximum absolute atomic E-state index is 14.4.